The molecule has 0 unspecified atom stereocenters. The lowest BCUT2D eigenvalue weighted by Gasteiger charge is -2.13. The minimum atomic E-state index is -0.660. The van der Waals surface area contributed by atoms with Crippen molar-refractivity contribution in [2.45, 2.75) is 19.4 Å². The maximum atomic E-state index is 9.48. The van der Waals surface area contributed by atoms with Crippen LogP contribution in [0.4, 0.5) is 0 Å². The molecule has 0 aliphatic heterocycles. The number of rotatable bonds is 3. The first-order chi connectivity index (χ1) is 6.60. The van der Waals surface area contributed by atoms with E-state index in [1.54, 1.807) is 6.07 Å². The Kier molecular flexibility index (Phi) is 3.33. The molecule has 0 spiro atoms. The van der Waals surface area contributed by atoms with Crippen LogP contribution in [-0.2, 0) is 6.42 Å². The van der Waals surface area contributed by atoms with Crippen LogP contribution >= 0.6 is 0 Å². The number of nitrogens with two attached hydrogens (primary N) is 1. The van der Waals surface area contributed by atoms with E-state index in [-0.39, 0.29) is 18.1 Å². The van der Waals surface area contributed by atoms with Crippen LogP contribution in [0.25, 0.3) is 0 Å². The number of hydrogen-bond acceptors (Lipinski definition) is 4. The van der Waals surface area contributed by atoms with E-state index in [0.717, 1.165) is 12.0 Å². The van der Waals surface area contributed by atoms with Gasteiger partial charge >= 0.3 is 0 Å². The van der Waals surface area contributed by atoms with Gasteiger partial charge in [-0.05, 0) is 18.1 Å². The van der Waals surface area contributed by atoms with Gasteiger partial charge in [0, 0.05) is 5.56 Å². The zero-order valence-electron chi connectivity index (χ0n) is 8.07. The van der Waals surface area contributed by atoms with Crippen LogP contribution in [0.2, 0.25) is 0 Å². The van der Waals surface area contributed by atoms with Crippen LogP contribution in [0.5, 0.6) is 11.5 Å². The van der Waals surface area contributed by atoms with Crippen LogP contribution in [-0.4, -0.2) is 21.9 Å². The Morgan fingerprint density at radius 3 is 2.50 bits per heavy atom. The van der Waals surface area contributed by atoms with E-state index in [0.29, 0.717) is 5.56 Å². The van der Waals surface area contributed by atoms with E-state index < -0.39 is 6.04 Å². The summed E-state index contributed by atoms with van der Waals surface area (Å²) < 4.78 is 0. The van der Waals surface area contributed by atoms with Gasteiger partial charge in [0.25, 0.3) is 0 Å². The highest BCUT2D eigenvalue weighted by Crippen LogP contribution is 2.33. The number of hydrogen-bond donors (Lipinski definition) is 4. The van der Waals surface area contributed by atoms with Gasteiger partial charge in [0.05, 0.1) is 12.6 Å². The Balaban J connectivity index is 3.20. The zero-order chi connectivity index (χ0) is 10.7. The average Bonchev–Trinajstić information content (AvgIpc) is 2.20. The molecule has 0 aromatic heterocycles. The van der Waals surface area contributed by atoms with Crippen molar-refractivity contribution in [2.75, 3.05) is 6.61 Å². The van der Waals surface area contributed by atoms with Gasteiger partial charge in [0.15, 0.2) is 11.5 Å². The highest BCUT2D eigenvalue weighted by molar-refractivity contribution is 5.49. The van der Waals surface area contributed by atoms with Crippen molar-refractivity contribution in [2.24, 2.45) is 5.73 Å². The molecule has 1 aromatic carbocycles. The molecule has 0 bridgehead atoms. The molecule has 0 saturated carbocycles. The Morgan fingerprint density at radius 2 is 2.00 bits per heavy atom. The van der Waals surface area contributed by atoms with Crippen molar-refractivity contribution >= 4 is 0 Å². The van der Waals surface area contributed by atoms with Crippen molar-refractivity contribution in [3.8, 4) is 11.5 Å². The monoisotopic (exact) mass is 197 g/mol. The second kappa shape index (κ2) is 4.30. The van der Waals surface area contributed by atoms with E-state index >= 15 is 0 Å². The van der Waals surface area contributed by atoms with Crippen molar-refractivity contribution in [3.63, 3.8) is 0 Å². The molecule has 0 aliphatic rings. The summed E-state index contributed by atoms with van der Waals surface area (Å²) in [5, 5.41) is 27.7. The summed E-state index contributed by atoms with van der Waals surface area (Å²) in [6.45, 7) is 1.67. The lowest BCUT2D eigenvalue weighted by molar-refractivity contribution is 0.264. The molecule has 1 rings (SSSR count). The summed E-state index contributed by atoms with van der Waals surface area (Å²) in [5.74, 6) is -0.438. The van der Waals surface area contributed by atoms with Gasteiger partial charge in [-0.3, -0.25) is 0 Å². The molecule has 0 radical (unpaired) electrons. The number of aromatic hydroxyl groups is 2. The summed E-state index contributed by atoms with van der Waals surface area (Å²) in [7, 11) is 0. The van der Waals surface area contributed by atoms with Crippen molar-refractivity contribution in [1.82, 2.24) is 0 Å². The molecule has 14 heavy (non-hydrogen) atoms. The van der Waals surface area contributed by atoms with Crippen molar-refractivity contribution in [1.29, 1.82) is 0 Å². The average molecular weight is 197 g/mol. The molecule has 78 valence electrons. The Morgan fingerprint density at radius 1 is 1.36 bits per heavy atom. The highest BCUT2D eigenvalue weighted by atomic mass is 16.3. The second-order valence-corrected chi connectivity index (χ2v) is 3.20. The molecule has 0 aliphatic carbocycles. The Bertz CT molecular complexity index is 325. The molecule has 5 N–H and O–H groups in total. The van der Waals surface area contributed by atoms with Crippen LogP contribution in [0.3, 0.4) is 0 Å². The lowest BCUT2D eigenvalue weighted by atomic mass is 10.0. The number of phenols is 2. The molecule has 4 heteroatoms. The normalized spacial score (nSPS) is 12.8. The maximum absolute atomic E-state index is 9.48. The standard InChI is InChI=1S/C10H15NO3/c1-2-6-3-7(8(11)5-12)10(14)9(13)4-6/h3-4,8,12-14H,2,5,11H2,1H3/t8-/m1/s1. The third kappa shape index (κ3) is 1.97. The van der Waals surface area contributed by atoms with Gasteiger partial charge in [-0.25, -0.2) is 0 Å². The molecule has 0 fully saturated rings. The van der Waals surface area contributed by atoms with Gasteiger partial charge in [0.1, 0.15) is 0 Å². The summed E-state index contributed by atoms with van der Waals surface area (Å²) >= 11 is 0. The molecular formula is C10H15NO3. The van der Waals surface area contributed by atoms with E-state index in [1.807, 2.05) is 6.92 Å². The summed E-state index contributed by atoms with van der Waals surface area (Å²) in [5.41, 5.74) is 6.82. The Labute approximate surface area is 82.6 Å². The predicted octanol–water partition coefficient (Wildman–Crippen LogP) is 0.652. The molecule has 1 atom stereocenters. The lowest BCUT2D eigenvalue weighted by Crippen LogP contribution is -2.14. The Hall–Kier alpha value is -1.26. The predicted molar refractivity (Wildman–Crippen MR) is 53.2 cm³/mol. The quantitative estimate of drug-likeness (QED) is 0.536. The van der Waals surface area contributed by atoms with Crippen LogP contribution in [0.1, 0.15) is 24.1 Å². The summed E-state index contributed by atoms with van der Waals surface area (Å²) in [6, 6.07) is 2.52. The van der Waals surface area contributed by atoms with E-state index in [2.05, 4.69) is 0 Å². The molecule has 1 aromatic rings. The largest absolute Gasteiger partial charge is 0.504 e. The SMILES string of the molecule is CCc1cc(O)c(O)c([C@H](N)CO)c1. The molecule has 0 saturated heterocycles. The molecule has 0 amide bonds. The van der Waals surface area contributed by atoms with Gasteiger partial charge in [-0.1, -0.05) is 13.0 Å². The van der Waals surface area contributed by atoms with Gasteiger partial charge in [-0.2, -0.15) is 0 Å². The minimum absolute atomic E-state index is 0.191. The minimum Gasteiger partial charge on any atom is -0.504 e. The van der Waals surface area contributed by atoms with Gasteiger partial charge < -0.3 is 21.1 Å². The fraction of sp³-hybridized carbons (Fsp3) is 0.400. The first-order valence-corrected chi connectivity index (χ1v) is 4.51. The van der Waals surface area contributed by atoms with E-state index in [1.165, 1.54) is 6.07 Å². The van der Waals surface area contributed by atoms with Crippen LogP contribution in [0, 0.1) is 0 Å². The maximum Gasteiger partial charge on any atom is 0.162 e. The fourth-order valence-corrected chi connectivity index (χ4v) is 1.29. The number of aliphatic hydroxyl groups excluding tert-OH is 1. The van der Waals surface area contributed by atoms with Crippen LogP contribution in [0.15, 0.2) is 12.1 Å². The number of phenolic OH excluding ortho intramolecular Hbond substituents is 2. The van der Waals surface area contributed by atoms with Gasteiger partial charge in [0.2, 0.25) is 0 Å². The topological polar surface area (TPSA) is 86.7 Å². The highest BCUT2D eigenvalue weighted by Gasteiger charge is 2.14. The van der Waals surface area contributed by atoms with Crippen molar-refractivity contribution in [3.05, 3.63) is 23.3 Å². The van der Waals surface area contributed by atoms with E-state index in [9.17, 15) is 10.2 Å². The molecule has 0 heterocycles. The van der Waals surface area contributed by atoms with E-state index in [4.69, 9.17) is 10.8 Å². The zero-order valence-corrected chi connectivity index (χ0v) is 8.07. The smallest absolute Gasteiger partial charge is 0.162 e. The van der Waals surface area contributed by atoms with Crippen LogP contribution < -0.4 is 5.73 Å². The fourth-order valence-electron chi connectivity index (χ4n) is 1.29. The first-order valence-electron chi connectivity index (χ1n) is 4.51. The summed E-state index contributed by atoms with van der Waals surface area (Å²) in [6.07, 6.45) is 0.735. The second-order valence-electron chi connectivity index (χ2n) is 3.20. The number of aryl methyl sites for hydroxylation is 1. The molecular weight excluding hydrogens is 182 g/mol. The summed E-state index contributed by atoms with van der Waals surface area (Å²) in [4.78, 5) is 0. The first kappa shape index (κ1) is 10.8. The van der Waals surface area contributed by atoms with Crippen molar-refractivity contribution < 1.29 is 15.3 Å². The number of aliphatic hydroxyl groups is 1. The third-order valence-electron chi connectivity index (χ3n) is 2.18. The molecule has 4 nitrogen and oxygen atoms in total. The number of benzene rings is 1. The third-order valence-corrected chi connectivity index (χ3v) is 2.18. The van der Waals surface area contributed by atoms with Gasteiger partial charge in [-0.15, -0.1) is 0 Å².